The van der Waals surface area contributed by atoms with Crippen molar-refractivity contribution in [2.24, 2.45) is 0 Å². The fourth-order valence-corrected chi connectivity index (χ4v) is 1.55. The molecule has 0 radical (unpaired) electrons. The van der Waals surface area contributed by atoms with Crippen LogP contribution in [-0.2, 0) is 0 Å². The highest BCUT2D eigenvalue weighted by Crippen LogP contribution is 2.13. The number of hydrogen-bond acceptors (Lipinski definition) is 4. The number of aromatic nitrogens is 2. The summed E-state index contributed by atoms with van der Waals surface area (Å²) in [5.41, 5.74) is 1.00. The Morgan fingerprint density at radius 3 is 2.60 bits per heavy atom. The fourth-order valence-electron chi connectivity index (χ4n) is 1.55. The van der Waals surface area contributed by atoms with Crippen molar-refractivity contribution in [2.45, 2.75) is 20.3 Å². The molecule has 4 heteroatoms. The van der Waals surface area contributed by atoms with E-state index in [1.165, 1.54) is 0 Å². The van der Waals surface area contributed by atoms with E-state index in [0.717, 1.165) is 37.6 Å². The van der Waals surface area contributed by atoms with E-state index in [1.807, 2.05) is 14.0 Å². The van der Waals surface area contributed by atoms with Crippen molar-refractivity contribution < 1.29 is 0 Å². The van der Waals surface area contributed by atoms with Crippen LogP contribution in [0.5, 0.6) is 0 Å². The van der Waals surface area contributed by atoms with Crippen molar-refractivity contribution in [3.05, 3.63) is 18.1 Å². The van der Waals surface area contributed by atoms with Crippen LogP contribution in [0.1, 0.15) is 19.0 Å². The van der Waals surface area contributed by atoms with Crippen LogP contribution in [0.4, 0.5) is 5.82 Å². The van der Waals surface area contributed by atoms with E-state index in [2.05, 4.69) is 27.1 Å². The standard InChI is InChI=1S/C11H20N4/c1-4-8-15(9-7-12-3)11-10(2)13-5-6-14-11/h5-6,12H,4,7-9H2,1-3H3. The van der Waals surface area contributed by atoms with Gasteiger partial charge < -0.3 is 10.2 Å². The molecule has 4 nitrogen and oxygen atoms in total. The molecule has 0 aromatic carbocycles. The Bertz CT molecular complexity index is 288. The van der Waals surface area contributed by atoms with Gasteiger partial charge in [-0.15, -0.1) is 0 Å². The maximum absolute atomic E-state index is 4.39. The average Bonchev–Trinajstić information content (AvgIpc) is 2.25. The molecule has 0 spiro atoms. The molecule has 0 atom stereocenters. The molecule has 0 fully saturated rings. The first-order chi connectivity index (χ1) is 7.29. The van der Waals surface area contributed by atoms with Gasteiger partial charge in [0.05, 0.1) is 5.69 Å². The lowest BCUT2D eigenvalue weighted by Crippen LogP contribution is -2.32. The highest BCUT2D eigenvalue weighted by atomic mass is 15.2. The molecule has 0 aliphatic rings. The van der Waals surface area contributed by atoms with Crippen molar-refractivity contribution in [2.75, 3.05) is 31.6 Å². The van der Waals surface area contributed by atoms with Crippen LogP contribution in [0.25, 0.3) is 0 Å². The second kappa shape index (κ2) is 6.35. The van der Waals surface area contributed by atoms with Crippen molar-refractivity contribution in [1.29, 1.82) is 0 Å². The summed E-state index contributed by atoms with van der Waals surface area (Å²) in [6.07, 6.45) is 4.62. The zero-order valence-electron chi connectivity index (χ0n) is 9.82. The third kappa shape index (κ3) is 3.47. The Labute approximate surface area is 91.7 Å². The lowest BCUT2D eigenvalue weighted by molar-refractivity contribution is 0.698. The Hall–Kier alpha value is -1.16. The van der Waals surface area contributed by atoms with Crippen molar-refractivity contribution in [3.8, 4) is 0 Å². The molecule has 15 heavy (non-hydrogen) atoms. The summed E-state index contributed by atoms with van der Waals surface area (Å²) in [5.74, 6) is 1.01. The predicted octanol–water partition coefficient (Wildman–Crippen LogP) is 1.22. The summed E-state index contributed by atoms with van der Waals surface area (Å²) in [5, 5.41) is 3.16. The summed E-state index contributed by atoms with van der Waals surface area (Å²) in [7, 11) is 1.97. The number of aryl methyl sites for hydroxylation is 1. The molecule has 1 rings (SSSR count). The molecule has 0 bridgehead atoms. The molecular formula is C11H20N4. The zero-order valence-corrected chi connectivity index (χ0v) is 9.82. The highest BCUT2D eigenvalue weighted by molar-refractivity contribution is 5.42. The monoisotopic (exact) mass is 208 g/mol. The van der Waals surface area contributed by atoms with Gasteiger partial charge in [0.1, 0.15) is 5.82 Å². The number of rotatable bonds is 6. The van der Waals surface area contributed by atoms with Gasteiger partial charge in [-0.1, -0.05) is 6.92 Å². The van der Waals surface area contributed by atoms with E-state index >= 15 is 0 Å². The minimum atomic E-state index is 0.968. The molecule has 1 N–H and O–H groups in total. The van der Waals surface area contributed by atoms with E-state index < -0.39 is 0 Å². The minimum Gasteiger partial charge on any atom is -0.354 e. The molecular weight excluding hydrogens is 188 g/mol. The first-order valence-electron chi connectivity index (χ1n) is 5.46. The smallest absolute Gasteiger partial charge is 0.150 e. The van der Waals surface area contributed by atoms with E-state index in [9.17, 15) is 0 Å². The zero-order chi connectivity index (χ0) is 11.1. The highest BCUT2D eigenvalue weighted by Gasteiger charge is 2.09. The van der Waals surface area contributed by atoms with Gasteiger partial charge in [0.2, 0.25) is 0 Å². The Morgan fingerprint density at radius 1 is 1.27 bits per heavy atom. The first-order valence-corrected chi connectivity index (χ1v) is 5.46. The van der Waals surface area contributed by atoms with Crippen LogP contribution in [-0.4, -0.2) is 36.6 Å². The number of likely N-dealkylation sites (N-methyl/N-ethyl adjacent to an activating group) is 1. The SMILES string of the molecule is CCCN(CCNC)c1nccnc1C. The molecule has 0 aliphatic heterocycles. The molecule has 0 saturated heterocycles. The van der Waals surface area contributed by atoms with Gasteiger partial charge in [-0.25, -0.2) is 4.98 Å². The van der Waals surface area contributed by atoms with Gasteiger partial charge in [0.25, 0.3) is 0 Å². The molecule has 1 aromatic heterocycles. The molecule has 0 saturated carbocycles. The van der Waals surface area contributed by atoms with Gasteiger partial charge >= 0.3 is 0 Å². The number of nitrogens with zero attached hydrogens (tertiary/aromatic N) is 3. The Morgan fingerprint density at radius 2 is 2.00 bits per heavy atom. The first kappa shape index (κ1) is 11.9. The molecule has 0 unspecified atom stereocenters. The van der Waals surface area contributed by atoms with Gasteiger partial charge in [-0.05, 0) is 20.4 Å². The molecule has 84 valence electrons. The summed E-state index contributed by atoms with van der Waals surface area (Å²) in [4.78, 5) is 10.9. The second-order valence-electron chi connectivity index (χ2n) is 3.56. The number of nitrogens with one attached hydrogen (secondary N) is 1. The Kier molecular flexibility index (Phi) is 5.04. The van der Waals surface area contributed by atoms with Gasteiger partial charge in [-0.3, -0.25) is 4.98 Å². The lowest BCUT2D eigenvalue weighted by atomic mass is 10.3. The van der Waals surface area contributed by atoms with Crippen LogP contribution in [0, 0.1) is 6.92 Å². The van der Waals surface area contributed by atoms with Gasteiger partial charge in [0, 0.05) is 32.0 Å². The van der Waals surface area contributed by atoms with E-state index in [1.54, 1.807) is 12.4 Å². The summed E-state index contributed by atoms with van der Waals surface area (Å²) < 4.78 is 0. The van der Waals surface area contributed by atoms with E-state index in [4.69, 9.17) is 0 Å². The van der Waals surface area contributed by atoms with Gasteiger partial charge in [-0.2, -0.15) is 0 Å². The minimum absolute atomic E-state index is 0.968. The van der Waals surface area contributed by atoms with Crippen LogP contribution in [0.15, 0.2) is 12.4 Å². The van der Waals surface area contributed by atoms with Crippen LogP contribution >= 0.6 is 0 Å². The quantitative estimate of drug-likeness (QED) is 0.763. The van der Waals surface area contributed by atoms with Crippen LogP contribution < -0.4 is 10.2 Å². The van der Waals surface area contributed by atoms with E-state index in [0.29, 0.717) is 0 Å². The molecule has 1 aromatic rings. The maximum Gasteiger partial charge on any atom is 0.150 e. The summed E-state index contributed by atoms with van der Waals surface area (Å²) >= 11 is 0. The van der Waals surface area contributed by atoms with Gasteiger partial charge in [0.15, 0.2) is 0 Å². The fraction of sp³-hybridized carbons (Fsp3) is 0.636. The average molecular weight is 208 g/mol. The molecule has 0 aliphatic carbocycles. The summed E-state index contributed by atoms with van der Waals surface area (Å²) in [6, 6.07) is 0. The largest absolute Gasteiger partial charge is 0.354 e. The van der Waals surface area contributed by atoms with E-state index in [-0.39, 0.29) is 0 Å². The van der Waals surface area contributed by atoms with Crippen molar-refractivity contribution >= 4 is 5.82 Å². The van der Waals surface area contributed by atoms with Crippen LogP contribution in [0.3, 0.4) is 0 Å². The third-order valence-electron chi connectivity index (χ3n) is 2.28. The summed E-state index contributed by atoms with van der Waals surface area (Å²) in [6.45, 7) is 7.16. The lowest BCUT2D eigenvalue weighted by Gasteiger charge is -2.23. The second-order valence-corrected chi connectivity index (χ2v) is 3.56. The maximum atomic E-state index is 4.39. The predicted molar refractivity (Wildman–Crippen MR) is 63.2 cm³/mol. The van der Waals surface area contributed by atoms with Crippen LogP contribution in [0.2, 0.25) is 0 Å². The third-order valence-corrected chi connectivity index (χ3v) is 2.28. The number of hydrogen-bond donors (Lipinski definition) is 1. The van der Waals surface area contributed by atoms with Crippen molar-refractivity contribution in [1.82, 2.24) is 15.3 Å². The normalized spacial score (nSPS) is 10.3. The Balaban J connectivity index is 2.74. The molecule has 1 heterocycles. The topological polar surface area (TPSA) is 41.0 Å². The van der Waals surface area contributed by atoms with Crippen molar-refractivity contribution in [3.63, 3.8) is 0 Å². The molecule has 0 amide bonds. The number of anilines is 1.